The van der Waals surface area contributed by atoms with Crippen LogP contribution in [0.3, 0.4) is 0 Å². The zero-order valence-electron chi connectivity index (χ0n) is 13.5. The Hall–Kier alpha value is 0.150. The normalized spacial score (nSPS) is 56.5. The molecule has 0 heterocycles. The second kappa shape index (κ2) is 4.82. The quantitative estimate of drug-likeness (QED) is 0.536. The number of hydrogen-bond acceptors (Lipinski definition) is 1. The Balaban J connectivity index is 1.65. The molecule has 21 heavy (non-hydrogen) atoms. The second-order valence-corrected chi connectivity index (χ2v) is 10.2. The highest BCUT2D eigenvalue weighted by Crippen LogP contribution is 2.66. The number of rotatable bonds is 0. The SMILES string of the molecule is C[C@@]12CCC[C@H]1[C@@H]1CC[C@H]3CC(=O)[C@H](Br)C[C@]3(C)[C@H]1CC2. The van der Waals surface area contributed by atoms with Gasteiger partial charge >= 0.3 is 0 Å². The van der Waals surface area contributed by atoms with Gasteiger partial charge in [0, 0.05) is 6.42 Å². The number of carbonyl (C=O) groups excluding carboxylic acids is 1. The van der Waals surface area contributed by atoms with E-state index in [1.54, 1.807) is 0 Å². The molecule has 0 bridgehead atoms. The number of halogens is 1. The molecule has 0 spiro atoms. The van der Waals surface area contributed by atoms with Crippen LogP contribution in [0.1, 0.15) is 71.6 Å². The number of Topliss-reactive ketones (excluding diaryl/α,β-unsaturated/α-hetero) is 1. The molecule has 4 rings (SSSR count). The topological polar surface area (TPSA) is 17.1 Å². The summed E-state index contributed by atoms with van der Waals surface area (Å²) in [5, 5.41) is 0. The van der Waals surface area contributed by atoms with Crippen molar-refractivity contribution in [1.29, 1.82) is 0 Å². The molecular weight excluding hydrogens is 324 g/mol. The van der Waals surface area contributed by atoms with Crippen LogP contribution in [0.25, 0.3) is 0 Å². The average Bonchev–Trinajstić information content (AvgIpc) is 2.82. The highest BCUT2D eigenvalue weighted by Gasteiger charge is 2.58. The van der Waals surface area contributed by atoms with Crippen LogP contribution in [-0.2, 0) is 4.79 Å². The summed E-state index contributed by atoms with van der Waals surface area (Å²) in [5.74, 6) is 3.98. The lowest BCUT2D eigenvalue weighted by Crippen LogP contribution is -2.54. The molecule has 4 saturated carbocycles. The smallest absolute Gasteiger partial charge is 0.146 e. The minimum atomic E-state index is 0.134. The van der Waals surface area contributed by atoms with Crippen molar-refractivity contribution in [3.05, 3.63) is 0 Å². The fraction of sp³-hybridized carbons (Fsp3) is 0.947. The highest BCUT2D eigenvalue weighted by molar-refractivity contribution is 9.10. The van der Waals surface area contributed by atoms with E-state index in [9.17, 15) is 4.79 Å². The van der Waals surface area contributed by atoms with E-state index in [1.165, 1.54) is 44.9 Å². The Bertz CT molecular complexity index is 460. The average molecular weight is 353 g/mol. The van der Waals surface area contributed by atoms with E-state index in [0.29, 0.717) is 22.5 Å². The van der Waals surface area contributed by atoms with Crippen LogP contribution < -0.4 is 0 Å². The summed E-state index contributed by atoms with van der Waals surface area (Å²) in [7, 11) is 0. The van der Waals surface area contributed by atoms with Crippen LogP contribution in [0.4, 0.5) is 0 Å². The first-order valence-corrected chi connectivity index (χ1v) is 10.0. The van der Waals surface area contributed by atoms with E-state index in [4.69, 9.17) is 0 Å². The van der Waals surface area contributed by atoms with Gasteiger partial charge in [0.1, 0.15) is 5.78 Å². The highest BCUT2D eigenvalue weighted by atomic mass is 79.9. The Morgan fingerprint density at radius 3 is 2.67 bits per heavy atom. The summed E-state index contributed by atoms with van der Waals surface area (Å²) >= 11 is 3.68. The maximum atomic E-state index is 12.1. The van der Waals surface area contributed by atoms with Gasteiger partial charge in [-0.1, -0.05) is 36.2 Å². The Morgan fingerprint density at radius 1 is 1.05 bits per heavy atom. The molecule has 4 aliphatic rings. The van der Waals surface area contributed by atoms with Crippen LogP contribution in [0.2, 0.25) is 0 Å². The van der Waals surface area contributed by atoms with E-state index < -0.39 is 0 Å². The molecule has 118 valence electrons. The monoisotopic (exact) mass is 352 g/mol. The van der Waals surface area contributed by atoms with E-state index in [-0.39, 0.29) is 4.83 Å². The Kier molecular flexibility index (Phi) is 3.38. The molecule has 0 aromatic rings. The van der Waals surface area contributed by atoms with E-state index >= 15 is 0 Å². The van der Waals surface area contributed by atoms with E-state index in [1.807, 2.05) is 0 Å². The van der Waals surface area contributed by atoms with Crippen molar-refractivity contribution >= 4 is 21.7 Å². The van der Waals surface area contributed by atoms with Crippen molar-refractivity contribution < 1.29 is 4.79 Å². The molecule has 2 heteroatoms. The van der Waals surface area contributed by atoms with E-state index in [2.05, 4.69) is 29.8 Å². The number of ketones is 1. The van der Waals surface area contributed by atoms with Gasteiger partial charge in [-0.25, -0.2) is 0 Å². The standard InChI is InChI=1S/C19H29BrO/c1-18-8-3-4-14(18)13-6-5-12-10-17(21)16(20)11-19(12,2)15(13)7-9-18/h12-16H,3-11H2,1-2H3/t12-,13-,14-,15-,16+,18-,19-/m0/s1. The largest absolute Gasteiger partial charge is 0.298 e. The van der Waals surface area contributed by atoms with Crippen LogP contribution in [0.15, 0.2) is 0 Å². The van der Waals surface area contributed by atoms with Gasteiger partial charge in [0.15, 0.2) is 0 Å². The first kappa shape index (κ1) is 14.7. The van der Waals surface area contributed by atoms with Crippen molar-refractivity contribution in [3.63, 3.8) is 0 Å². The van der Waals surface area contributed by atoms with Crippen LogP contribution >= 0.6 is 15.9 Å². The van der Waals surface area contributed by atoms with Crippen LogP contribution in [0, 0.1) is 34.5 Å². The molecule has 1 nitrogen and oxygen atoms in total. The van der Waals surface area contributed by atoms with Gasteiger partial charge in [0.05, 0.1) is 4.83 Å². The van der Waals surface area contributed by atoms with Gasteiger partial charge in [-0.05, 0) is 79.4 Å². The maximum Gasteiger partial charge on any atom is 0.146 e. The number of fused-ring (bicyclic) bond motifs is 5. The molecule has 0 radical (unpaired) electrons. The zero-order valence-corrected chi connectivity index (χ0v) is 15.1. The lowest BCUT2D eigenvalue weighted by Gasteiger charge is -2.60. The number of alkyl halides is 1. The number of carbonyl (C=O) groups is 1. The van der Waals surface area contributed by atoms with Crippen molar-refractivity contribution in [2.45, 2.75) is 76.5 Å². The van der Waals surface area contributed by atoms with Crippen LogP contribution in [0.5, 0.6) is 0 Å². The molecule has 4 aliphatic carbocycles. The van der Waals surface area contributed by atoms with Crippen molar-refractivity contribution in [2.75, 3.05) is 0 Å². The Morgan fingerprint density at radius 2 is 1.86 bits per heavy atom. The van der Waals surface area contributed by atoms with Crippen LogP contribution in [-0.4, -0.2) is 10.6 Å². The minimum absolute atomic E-state index is 0.134. The molecule has 0 amide bonds. The minimum Gasteiger partial charge on any atom is -0.298 e. The second-order valence-electron chi connectivity index (χ2n) is 9.08. The van der Waals surface area contributed by atoms with Crippen molar-refractivity contribution in [2.24, 2.45) is 34.5 Å². The first-order valence-electron chi connectivity index (χ1n) is 9.11. The molecule has 0 N–H and O–H groups in total. The third kappa shape index (κ3) is 2.03. The van der Waals surface area contributed by atoms with Gasteiger partial charge in [-0.3, -0.25) is 4.79 Å². The summed E-state index contributed by atoms with van der Waals surface area (Å²) in [4.78, 5) is 12.3. The molecule has 0 aromatic heterocycles. The molecule has 7 atom stereocenters. The first-order chi connectivity index (χ1) is 9.94. The predicted molar refractivity (Wildman–Crippen MR) is 89.4 cm³/mol. The van der Waals surface area contributed by atoms with E-state index in [0.717, 1.165) is 30.6 Å². The molecular formula is C19H29BrO. The van der Waals surface area contributed by atoms with Gasteiger partial charge in [-0.2, -0.15) is 0 Å². The summed E-state index contributed by atoms with van der Waals surface area (Å²) in [6.07, 6.45) is 12.0. The zero-order chi connectivity index (χ0) is 14.8. The van der Waals surface area contributed by atoms with Crippen molar-refractivity contribution in [1.82, 2.24) is 0 Å². The summed E-state index contributed by atoms with van der Waals surface area (Å²) in [6, 6.07) is 0. The van der Waals surface area contributed by atoms with Gasteiger partial charge in [0.25, 0.3) is 0 Å². The summed E-state index contributed by atoms with van der Waals surface area (Å²) in [5.41, 5.74) is 1.08. The van der Waals surface area contributed by atoms with Crippen molar-refractivity contribution in [3.8, 4) is 0 Å². The summed E-state index contributed by atoms with van der Waals surface area (Å²) < 4.78 is 0. The fourth-order valence-electron chi connectivity index (χ4n) is 7.05. The lowest BCUT2D eigenvalue weighted by atomic mass is 9.45. The molecule has 0 saturated heterocycles. The van der Waals surface area contributed by atoms with Gasteiger partial charge in [-0.15, -0.1) is 0 Å². The summed E-state index contributed by atoms with van der Waals surface area (Å²) in [6.45, 7) is 5.11. The molecule has 4 fully saturated rings. The maximum absolute atomic E-state index is 12.1. The Labute approximate surface area is 137 Å². The third-order valence-electron chi connectivity index (χ3n) is 8.26. The van der Waals surface area contributed by atoms with Gasteiger partial charge in [0.2, 0.25) is 0 Å². The molecule has 0 aliphatic heterocycles. The fourth-order valence-corrected chi connectivity index (χ4v) is 7.94. The third-order valence-corrected chi connectivity index (χ3v) is 9.10. The lowest BCUT2D eigenvalue weighted by molar-refractivity contribution is -0.136. The molecule has 0 unspecified atom stereocenters. The number of hydrogen-bond donors (Lipinski definition) is 0. The van der Waals surface area contributed by atoms with Gasteiger partial charge < -0.3 is 0 Å². The predicted octanol–water partition coefficient (Wildman–Crippen LogP) is 5.36. The molecule has 0 aromatic carbocycles.